The summed E-state index contributed by atoms with van der Waals surface area (Å²) in [5.41, 5.74) is 11.7. The highest BCUT2D eigenvalue weighted by molar-refractivity contribution is 6.02. The third-order valence-corrected chi connectivity index (χ3v) is 9.56. The molecule has 1 fully saturated rings. The van der Waals surface area contributed by atoms with Crippen molar-refractivity contribution in [2.24, 2.45) is 34.2 Å². The maximum absolute atomic E-state index is 12.4. The topological polar surface area (TPSA) is 247 Å². The van der Waals surface area contributed by atoms with Gasteiger partial charge < -0.3 is 51.8 Å². The third kappa shape index (κ3) is 20.9. The van der Waals surface area contributed by atoms with Crippen LogP contribution in [0.25, 0.3) is 0 Å². The number of unbranched alkanes of at least 4 members (excludes halogenated alkanes) is 2. The number of nitrogens with two attached hydrogens (primary N) is 2. The Balaban J connectivity index is 2.95. The number of carbonyl (C=O) groups excluding carboxylic acids is 2. The Morgan fingerprint density at radius 3 is 2.07 bits per heavy atom. The lowest BCUT2D eigenvalue weighted by molar-refractivity contribution is -0.303. The SMILES string of the molecule is CC/C(O)=C(/NC(=O)/C(C)=C/C=C/C=C/C=C/C=C/C(C)C(OC1OC(C(=O)O)C(O)C(O)C1O)/C(C)=C/C(C)CCC/C=C/C(C)C/C=C/CCCN=C(N)N)C(C)=O. The summed E-state index contributed by atoms with van der Waals surface area (Å²) in [6.07, 6.45) is 23.2. The number of amides is 1. The molecular weight excluding hydrogens is 769 g/mol. The van der Waals surface area contributed by atoms with Crippen LogP contribution < -0.4 is 16.8 Å². The van der Waals surface area contributed by atoms with E-state index in [9.17, 15) is 39.9 Å². The van der Waals surface area contributed by atoms with Crippen LogP contribution in [0.15, 0.2) is 113 Å². The standard InChI is InChI=1S/C46H70N4O10/c1-8-36(52)37(35(7)51)50-43(56)33(5)27-21-13-11-9-10-12-20-26-32(4)41(59-45-40(55)38(53)39(54)42(60-45)44(57)58)34(6)29-31(3)25-19-16-18-24-30(2)23-17-14-15-22-28-49-46(47)48/h9-14,17-18,20-21,24,26-27,29-32,38-42,45,52-55H,8,15-16,19,22-23,25,28H2,1-7H3,(H,50,56)(H,57,58)(H4,47,48,49)/b11-9+,12-10+,17-14+,21-13+,24-18+,26-20+,33-27+,34-29+,37-36-. The fraction of sp³-hybridized carbons (Fsp3) is 0.522. The second-order valence-electron chi connectivity index (χ2n) is 15.1. The number of carbonyl (C=O) groups is 3. The predicted molar refractivity (Wildman–Crippen MR) is 236 cm³/mol. The molecule has 0 radical (unpaired) electrons. The van der Waals surface area contributed by atoms with Crippen LogP contribution in [0.1, 0.15) is 93.4 Å². The molecule has 0 aromatic heterocycles. The number of aliphatic hydroxyl groups excluding tert-OH is 4. The monoisotopic (exact) mass is 839 g/mol. The van der Waals surface area contributed by atoms with Crippen LogP contribution in [-0.4, -0.2) is 92.5 Å². The van der Waals surface area contributed by atoms with E-state index in [0.29, 0.717) is 18.0 Å². The van der Waals surface area contributed by atoms with E-state index in [1.807, 2.05) is 26.0 Å². The number of ketones is 1. The summed E-state index contributed by atoms with van der Waals surface area (Å²) in [5, 5.41) is 53.2. The van der Waals surface area contributed by atoms with Crippen molar-refractivity contribution in [1.82, 2.24) is 5.32 Å². The number of aliphatic carboxylic acids is 1. The van der Waals surface area contributed by atoms with Gasteiger partial charge in [0, 0.05) is 31.4 Å². The first kappa shape index (κ1) is 53.2. The van der Waals surface area contributed by atoms with Crippen molar-refractivity contribution < 1.29 is 49.4 Å². The second-order valence-corrected chi connectivity index (χ2v) is 15.1. The normalized spacial score (nSPS) is 23.1. The first-order chi connectivity index (χ1) is 28.4. The number of carboxylic acid groups (broad SMARTS) is 1. The smallest absolute Gasteiger partial charge is 0.335 e. The van der Waals surface area contributed by atoms with Crippen LogP contribution >= 0.6 is 0 Å². The van der Waals surface area contributed by atoms with E-state index in [2.05, 4.69) is 54.5 Å². The van der Waals surface area contributed by atoms with Gasteiger partial charge >= 0.3 is 5.97 Å². The number of rotatable bonds is 26. The quantitative estimate of drug-likeness (QED) is 0.00965. The molecule has 0 aliphatic carbocycles. The van der Waals surface area contributed by atoms with E-state index in [4.69, 9.17) is 20.9 Å². The van der Waals surface area contributed by atoms with Gasteiger partial charge in [0.2, 0.25) is 0 Å². The summed E-state index contributed by atoms with van der Waals surface area (Å²) in [4.78, 5) is 39.9. The number of Topliss-reactive ketones (excluding diaryl/α,β-unsaturated/α-hetero) is 1. The average Bonchev–Trinajstić information content (AvgIpc) is 3.19. The summed E-state index contributed by atoms with van der Waals surface area (Å²) in [7, 11) is 0. The van der Waals surface area contributed by atoms with Crippen LogP contribution in [-0.2, 0) is 23.9 Å². The molecule has 0 spiro atoms. The number of ether oxygens (including phenoxy) is 2. The summed E-state index contributed by atoms with van der Waals surface area (Å²) in [6.45, 7) is 13.2. The van der Waals surface area contributed by atoms with Gasteiger partial charge in [0.05, 0.1) is 6.10 Å². The zero-order valence-corrected chi connectivity index (χ0v) is 36.3. The summed E-state index contributed by atoms with van der Waals surface area (Å²) < 4.78 is 11.7. The van der Waals surface area contributed by atoms with E-state index in [-0.39, 0.29) is 35.7 Å². The van der Waals surface area contributed by atoms with Crippen molar-refractivity contribution in [2.45, 2.75) is 130 Å². The van der Waals surface area contributed by atoms with E-state index >= 15 is 0 Å². The molecule has 1 heterocycles. The molecule has 0 bridgehead atoms. The largest absolute Gasteiger partial charge is 0.510 e. The van der Waals surface area contributed by atoms with E-state index in [0.717, 1.165) is 44.1 Å². The first-order valence-corrected chi connectivity index (χ1v) is 20.6. The number of hydrogen-bond donors (Lipinski definition) is 8. The Morgan fingerprint density at radius 1 is 0.817 bits per heavy atom. The number of carboxylic acids is 1. The fourth-order valence-electron chi connectivity index (χ4n) is 6.08. The van der Waals surface area contributed by atoms with Gasteiger partial charge in [-0.25, -0.2) is 4.79 Å². The molecular formula is C46H70N4O10. The van der Waals surface area contributed by atoms with Crippen molar-refractivity contribution >= 4 is 23.6 Å². The number of nitrogens with one attached hydrogen (secondary N) is 1. The van der Waals surface area contributed by atoms with E-state index in [1.54, 1.807) is 56.4 Å². The van der Waals surface area contributed by atoms with Crippen LogP contribution in [0.5, 0.6) is 0 Å². The van der Waals surface area contributed by atoms with E-state index in [1.165, 1.54) is 6.92 Å². The van der Waals surface area contributed by atoms with Crippen LogP contribution in [0.2, 0.25) is 0 Å². The molecule has 9 unspecified atom stereocenters. The highest BCUT2D eigenvalue weighted by atomic mass is 16.7. The second kappa shape index (κ2) is 29.4. The Bertz CT molecular complexity index is 1670. The molecule has 14 heteroatoms. The van der Waals surface area contributed by atoms with Gasteiger partial charge in [0.1, 0.15) is 29.8 Å². The molecule has 0 aromatic rings. The Morgan fingerprint density at radius 2 is 1.45 bits per heavy atom. The molecule has 14 nitrogen and oxygen atoms in total. The van der Waals surface area contributed by atoms with Crippen LogP contribution in [0.3, 0.4) is 0 Å². The van der Waals surface area contributed by atoms with Crippen molar-refractivity contribution in [3.05, 3.63) is 108 Å². The predicted octanol–water partition coefficient (Wildman–Crippen LogP) is 5.90. The van der Waals surface area contributed by atoms with Gasteiger partial charge in [-0.05, 0) is 69.8 Å². The van der Waals surface area contributed by atoms with Crippen molar-refractivity contribution in [2.75, 3.05) is 6.54 Å². The molecule has 0 aromatic carbocycles. The number of aliphatic imine (C=N–C) groups is 1. The Kier molecular flexibility index (Phi) is 26.0. The van der Waals surface area contributed by atoms with Gasteiger partial charge in [0.25, 0.3) is 5.91 Å². The average molecular weight is 839 g/mol. The number of aliphatic hydroxyl groups is 4. The molecule has 9 atom stereocenters. The van der Waals surface area contributed by atoms with Gasteiger partial charge in [-0.15, -0.1) is 0 Å². The van der Waals surface area contributed by atoms with Crippen molar-refractivity contribution in [3.63, 3.8) is 0 Å². The van der Waals surface area contributed by atoms with E-state index < -0.39 is 54.5 Å². The Labute approximate surface area is 356 Å². The Hall–Kier alpha value is -4.86. The lowest BCUT2D eigenvalue weighted by Crippen LogP contribution is -2.61. The lowest BCUT2D eigenvalue weighted by atomic mass is 9.92. The molecule has 10 N–H and O–H groups in total. The fourth-order valence-corrected chi connectivity index (χ4v) is 6.08. The molecule has 1 aliphatic heterocycles. The zero-order chi connectivity index (χ0) is 45.2. The minimum absolute atomic E-state index is 0.117. The molecule has 1 rings (SSSR count). The van der Waals surface area contributed by atoms with Crippen LogP contribution in [0.4, 0.5) is 0 Å². The van der Waals surface area contributed by atoms with Gasteiger partial charge in [-0.3, -0.25) is 14.6 Å². The van der Waals surface area contributed by atoms with Gasteiger partial charge in [-0.1, -0.05) is 113 Å². The molecule has 1 amide bonds. The van der Waals surface area contributed by atoms with Gasteiger partial charge in [-0.2, -0.15) is 0 Å². The number of allylic oxidation sites excluding steroid dienone is 15. The molecule has 1 saturated heterocycles. The maximum Gasteiger partial charge on any atom is 0.335 e. The number of nitrogens with zero attached hydrogens (tertiary/aromatic N) is 1. The third-order valence-electron chi connectivity index (χ3n) is 9.56. The summed E-state index contributed by atoms with van der Waals surface area (Å²) >= 11 is 0. The molecule has 60 heavy (non-hydrogen) atoms. The number of hydrogen-bond acceptors (Lipinski definition) is 10. The summed E-state index contributed by atoms with van der Waals surface area (Å²) in [5.74, 6) is -2.20. The molecule has 334 valence electrons. The van der Waals surface area contributed by atoms with Crippen LogP contribution in [0, 0.1) is 17.8 Å². The minimum Gasteiger partial charge on any atom is -0.510 e. The maximum atomic E-state index is 12.4. The highest BCUT2D eigenvalue weighted by Gasteiger charge is 2.48. The first-order valence-electron chi connectivity index (χ1n) is 20.6. The highest BCUT2D eigenvalue weighted by Crippen LogP contribution is 2.29. The van der Waals surface area contributed by atoms with Crippen molar-refractivity contribution in [1.29, 1.82) is 0 Å². The van der Waals surface area contributed by atoms with Crippen molar-refractivity contribution in [3.8, 4) is 0 Å². The number of guanidine groups is 1. The molecule has 1 aliphatic rings. The molecule has 0 saturated carbocycles. The lowest BCUT2D eigenvalue weighted by Gasteiger charge is -2.40. The summed E-state index contributed by atoms with van der Waals surface area (Å²) in [6, 6.07) is 0. The van der Waals surface area contributed by atoms with Gasteiger partial charge in [0.15, 0.2) is 24.1 Å². The minimum atomic E-state index is -1.83. The zero-order valence-electron chi connectivity index (χ0n) is 36.3.